The SMILES string of the molecule is C1=CCC23CC=CCC2(C1)CN(CC1CC1)C3.Cl. The van der Waals surface area contributed by atoms with Crippen molar-refractivity contribution in [2.45, 2.75) is 38.5 Å². The van der Waals surface area contributed by atoms with Crippen LogP contribution in [0.1, 0.15) is 38.5 Å². The Labute approximate surface area is 117 Å². The van der Waals surface area contributed by atoms with Gasteiger partial charge in [0.25, 0.3) is 0 Å². The quantitative estimate of drug-likeness (QED) is 0.687. The molecule has 2 fully saturated rings. The summed E-state index contributed by atoms with van der Waals surface area (Å²) in [6.45, 7) is 4.14. The van der Waals surface area contributed by atoms with Crippen LogP contribution < -0.4 is 0 Å². The molecule has 4 aliphatic rings. The van der Waals surface area contributed by atoms with Crippen LogP contribution in [0.5, 0.6) is 0 Å². The van der Waals surface area contributed by atoms with Crippen molar-refractivity contribution in [3.8, 4) is 0 Å². The van der Waals surface area contributed by atoms with Crippen LogP contribution in [0, 0.1) is 16.7 Å². The van der Waals surface area contributed by atoms with Gasteiger partial charge in [0, 0.05) is 19.6 Å². The van der Waals surface area contributed by atoms with Crippen LogP contribution in [0.25, 0.3) is 0 Å². The molecule has 1 aliphatic heterocycles. The summed E-state index contributed by atoms with van der Waals surface area (Å²) >= 11 is 0. The number of hydrogen-bond acceptors (Lipinski definition) is 1. The minimum Gasteiger partial charge on any atom is -0.302 e. The summed E-state index contributed by atoms with van der Waals surface area (Å²) in [4.78, 5) is 2.80. The lowest BCUT2D eigenvalue weighted by atomic mass is 9.55. The lowest BCUT2D eigenvalue weighted by Gasteiger charge is -2.48. The zero-order valence-electron chi connectivity index (χ0n) is 11.1. The Hall–Kier alpha value is -0.270. The molecule has 0 amide bonds. The highest BCUT2D eigenvalue weighted by Crippen LogP contribution is 2.60. The lowest BCUT2D eigenvalue weighted by molar-refractivity contribution is 0.0851. The first-order valence-corrected chi connectivity index (χ1v) is 7.34. The summed E-state index contributed by atoms with van der Waals surface area (Å²) in [6, 6.07) is 0. The minimum absolute atomic E-state index is 0. The van der Waals surface area contributed by atoms with Gasteiger partial charge in [-0.2, -0.15) is 0 Å². The number of likely N-dealkylation sites (tertiary alicyclic amines) is 1. The van der Waals surface area contributed by atoms with Crippen molar-refractivity contribution < 1.29 is 0 Å². The highest BCUT2D eigenvalue weighted by atomic mass is 35.5. The molecule has 1 saturated carbocycles. The largest absolute Gasteiger partial charge is 0.302 e. The molecule has 18 heavy (non-hydrogen) atoms. The molecule has 1 heterocycles. The van der Waals surface area contributed by atoms with Crippen LogP contribution in [0.15, 0.2) is 24.3 Å². The molecule has 100 valence electrons. The number of rotatable bonds is 2. The Morgan fingerprint density at radius 3 is 1.67 bits per heavy atom. The number of nitrogens with zero attached hydrogens (tertiary/aromatic N) is 1. The van der Waals surface area contributed by atoms with Gasteiger partial charge in [0.15, 0.2) is 0 Å². The molecule has 2 heteroatoms. The fourth-order valence-corrected chi connectivity index (χ4v) is 4.57. The summed E-state index contributed by atoms with van der Waals surface area (Å²) < 4.78 is 0. The molecular formula is C16H24ClN. The van der Waals surface area contributed by atoms with E-state index in [0.29, 0.717) is 10.8 Å². The zero-order chi connectivity index (χ0) is 11.3. The molecule has 0 aromatic carbocycles. The van der Waals surface area contributed by atoms with Gasteiger partial charge in [0.2, 0.25) is 0 Å². The first-order valence-electron chi connectivity index (χ1n) is 7.34. The van der Waals surface area contributed by atoms with E-state index in [-0.39, 0.29) is 12.4 Å². The molecular weight excluding hydrogens is 242 g/mol. The Balaban J connectivity index is 0.000001000. The van der Waals surface area contributed by atoms with E-state index in [0.717, 1.165) is 5.92 Å². The molecule has 1 nitrogen and oxygen atoms in total. The van der Waals surface area contributed by atoms with Crippen LogP contribution in [0.3, 0.4) is 0 Å². The second kappa shape index (κ2) is 4.38. The van der Waals surface area contributed by atoms with Gasteiger partial charge >= 0.3 is 0 Å². The summed E-state index contributed by atoms with van der Waals surface area (Å²) in [5.74, 6) is 1.05. The standard InChI is InChI=1S/C16H23N.ClH/c1-2-8-16-10-4-3-9-15(16,7-1)12-17(13-16)11-14-5-6-14;/h1-4,14H,5-13H2;1H. The fourth-order valence-electron chi connectivity index (χ4n) is 4.57. The first-order chi connectivity index (χ1) is 8.32. The highest BCUT2D eigenvalue weighted by molar-refractivity contribution is 5.85. The molecule has 3 aliphatic carbocycles. The van der Waals surface area contributed by atoms with Gasteiger partial charge in [-0.1, -0.05) is 24.3 Å². The third kappa shape index (κ3) is 1.78. The summed E-state index contributed by atoms with van der Waals surface area (Å²) in [6.07, 6.45) is 18.1. The monoisotopic (exact) mass is 265 g/mol. The van der Waals surface area contributed by atoms with E-state index in [9.17, 15) is 0 Å². The van der Waals surface area contributed by atoms with Crippen molar-refractivity contribution >= 4 is 12.4 Å². The van der Waals surface area contributed by atoms with Crippen LogP contribution in [-0.4, -0.2) is 24.5 Å². The molecule has 0 radical (unpaired) electrons. The third-order valence-corrected chi connectivity index (χ3v) is 5.76. The molecule has 0 bridgehead atoms. The predicted molar refractivity (Wildman–Crippen MR) is 78.0 cm³/mol. The summed E-state index contributed by atoms with van der Waals surface area (Å²) in [5.41, 5.74) is 1.21. The third-order valence-electron chi connectivity index (χ3n) is 5.76. The van der Waals surface area contributed by atoms with Gasteiger partial charge in [-0.15, -0.1) is 12.4 Å². The van der Waals surface area contributed by atoms with Crippen molar-refractivity contribution in [1.29, 1.82) is 0 Å². The van der Waals surface area contributed by atoms with Crippen molar-refractivity contribution in [1.82, 2.24) is 4.90 Å². The normalized spacial score (nSPS) is 42.2. The zero-order valence-corrected chi connectivity index (χ0v) is 11.9. The van der Waals surface area contributed by atoms with Crippen LogP contribution >= 0.6 is 12.4 Å². The summed E-state index contributed by atoms with van der Waals surface area (Å²) in [7, 11) is 0. The van der Waals surface area contributed by atoms with Crippen molar-refractivity contribution in [2.75, 3.05) is 19.6 Å². The molecule has 0 aromatic heterocycles. The van der Waals surface area contributed by atoms with Crippen molar-refractivity contribution in [3.63, 3.8) is 0 Å². The van der Waals surface area contributed by atoms with Crippen LogP contribution in [-0.2, 0) is 0 Å². The summed E-state index contributed by atoms with van der Waals surface area (Å²) in [5, 5.41) is 0. The van der Waals surface area contributed by atoms with E-state index < -0.39 is 0 Å². The maximum absolute atomic E-state index is 2.80. The minimum atomic E-state index is 0. The van der Waals surface area contributed by atoms with Gasteiger partial charge in [0.05, 0.1) is 0 Å². The average Bonchev–Trinajstić information content (AvgIpc) is 3.06. The van der Waals surface area contributed by atoms with Gasteiger partial charge < -0.3 is 4.90 Å². The van der Waals surface area contributed by atoms with Crippen LogP contribution in [0.4, 0.5) is 0 Å². The average molecular weight is 266 g/mol. The Bertz CT molecular complexity index is 335. The van der Waals surface area contributed by atoms with E-state index in [2.05, 4.69) is 29.2 Å². The molecule has 0 spiro atoms. The van der Waals surface area contributed by atoms with E-state index in [1.165, 1.54) is 58.2 Å². The van der Waals surface area contributed by atoms with E-state index in [1.807, 2.05) is 0 Å². The lowest BCUT2D eigenvalue weighted by Crippen LogP contribution is -2.43. The second-order valence-electron chi connectivity index (χ2n) is 6.93. The second-order valence-corrected chi connectivity index (χ2v) is 6.93. The Morgan fingerprint density at radius 2 is 1.28 bits per heavy atom. The molecule has 0 N–H and O–H groups in total. The number of allylic oxidation sites excluding steroid dienone is 4. The number of halogens is 1. The maximum atomic E-state index is 2.80. The van der Waals surface area contributed by atoms with Gasteiger partial charge in [-0.25, -0.2) is 0 Å². The molecule has 0 atom stereocenters. The van der Waals surface area contributed by atoms with Crippen molar-refractivity contribution in [3.05, 3.63) is 24.3 Å². The first kappa shape index (κ1) is 12.7. The van der Waals surface area contributed by atoms with E-state index in [1.54, 1.807) is 0 Å². The number of hydrogen-bond donors (Lipinski definition) is 0. The van der Waals surface area contributed by atoms with Gasteiger partial charge in [-0.05, 0) is 55.3 Å². The molecule has 0 aromatic rings. The predicted octanol–water partition coefficient (Wildman–Crippen LogP) is 3.81. The van der Waals surface area contributed by atoms with E-state index >= 15 is 0 Å². The van der Waals surface area contributed by atoms with Gasteiger partial charge in [-0.3, -0.25) is 0 Å². The molecule has 4 rings (SSSR count). The highest BCUT2D eigenvalue weighted by Gasteiger charge is 2.57. The van der Waals surface area contributed by atoms with Crippen molar-refractivity contribution in [2.24, 2.45) is 16.7 Å². The van der Waals surface area contributed by atoms with E-state index in [4.69, 9.17) is 0 Å². The molecule has 1 saturated heterocycles. The molecule has 0 unspecified atom stereocenters. The topological polar surface area (TPSA) is 3.24 Å². The Morgan fingerprint density at radius 1 is 0.833 bits per heavy atom. The Kier molecular flexibility index (Phi) is 3.10. The van der Waals surface area contributed by atoms with Crippen LogP contribution in [0.2, 0.25) is 0 Å². The smallest absolute Gasteiger partial charge is 0.00503 e. The maximum Gasteiger partial charge on any atom is 0.00503 e. The fraction of sp³-hybridized carbons (Fsp3) is 0.750. The van der Waals surface area contributed by atoms with Gasteiger partial charge in [0.1, 0.15) is 0 Å².